The van der Waals surface area contributed by atoms with Gasteiger partial charge in [-0.05, 0) is 53.0 Å². The fourth-order valence-corrected chi connectivity index (χ4v) is 4.51. The van der Waals surface area contributed by atoms with Gasteiger partial charge in [0.25, 0.3) is 0 Å². The number of aryl methyl sites for hydroxylation is 2. The second kappa shape index (κ2) is 5.96. The number of rotatable bonds is 4. The molecule has 1 saturated heterocycles. The number of aromatic nitrogens is 4. The highest BCUT2D eigenvalue weighted by Gasteiger charge is 2.38. The average Bonchev–Trinajstić information content (AvgIpc) is 3.24. The van der Waals surface area contributed by atoms with E-state index in [1.165, 1.54) is 4.88 Å². The summed E-state index contributed by atoms with van der Waals surface area (Å²) in [5.74, 6) is 2.16. The van der Waals surface area contributed by atoms with Crippen LogP contribution in [0.25, 0.3) is 0 Å². The van der Waals surface area contributed by atoms with Crippen molar-refractivity contribution in [2.75, 3.05) is 18.0 Å². The number of thiophene rings is 1. The van der Waals surface area contributed by atoms with Gasteiger partial charge >= 0.3 is 0 Å². The molecule has 1 aliphatic carbocycles. The molecule has 3 heterocycles. The Hall–Kier alpha value is -1.47. The highest BCUT2D eigenvalue weighted by molar-refractivity contribution is 7.09. The third-order valence-electron chi connectivity index (χ3n) is 4.97. The normalized spacial score (nSPS) is 28.0. The van der Waals surface area contributed by atoms with Crippen molar-refractivity contribution in [2.45, 2.75) is 38.3 Å². The highest BCUT2D eigenvalue weighted by Crippen LogP contribution is 2.37. The molecule has 1 N–H and O–H groups in total. The lowest BCUT2D eigenvalue weighted by molar-refractivity contribution is 0.0867. The Balaban J connectivity index is 1.44. The average molecular weight is 319 g/mol. The molecule has 0 spiro atoms. The van der Waals surface area contributed by atoms with Gasteiger partial charge in [0.05, 0.1) is 12.6 Å². The molecule has 1 aliphatic heterocycles. The van der Waals surface area contributed by atoms with Crippen molar-refractivity contribution in [1.29, 1.82) is 0 Å². The first-order valence-corrected chi connectivity index (χ1v) is 8.89. The van der Waals surface area contributed by atoms with Crippen LogP contribution in [0.3, 0.4) is 0 Å². The molecule has 4 rings (SSSR count). The first kappa shape index (κ1) is 14.1. The fraction of sp³-hybridized carbons (Fsp3) is 0.667. The number of hydrogen-bond acceptors (Lipinski definition) is 6. The van der Waals surface area contributed by atoms with E-state index in [2.05, 4.69) is 37.9 Å². The van der Waals surface area contributed by atoms with Gasteiger partial charge < -0.3 is 10.0 Å². The molecule has 2 aliphatic rings. The van der Waals surface area contributed by atoms with Crippen LogP contribution in [0.4, 0.5) is 5.95 Å². The van der Waals surface area contributed by atoms with E-state index in [4.69, 9.17) is 0 Å². The summed E-state index contributed by atoms with van der Waals surface area (Å²) in [7, 11) is 0. The second-order valence-electron chi connectivity index (χ2n) is 6.42. The summed E-state index contributed by atoms with van der Waals surface area (Å²) in [5.41, 5.74) is 0. The number of tetrazole rings is 1. The van der Waals surface area contributed by atoms with E-state index in [0.29, 0.717) is 11.8 Å². The van der Waals surface area contributed by atoms with Crippen LogP contribution >= 0.6 is 11.3 Å². The van der Waals surface area contributed by atoms with Crippen LogP contribution in [0.1, 0.15) is 24.1 Å². The number of aliphatic hydroxyl groups excluding tert-OH is 1. The molecule has 3 atom stereocenters. The summed E-state index contributed by atoms with van der Waals surface area (Å²) in [5, 5.41) is 24.2. The summed E-state index contributed by atoms with van der Waals surface area (Å²) >= 11 is 1.78. The van der Waals surface area contributed by atoms with Crippen LogP contribution in [-0.2, 0) is 13.0 Å². The first-order chi connectivity index (χ1) is 10.8. The molecule has 1 saturated carbocycles. The molecule has 7 heteroatoms. The Morgan fingerprint density at radius 1 is 1.27 bits per heavy atom. The van der Waals surface area contributed by atoms with Crippen molar-refractivity contribution in [3.8, 4) is 0 Å². The third-order valence-corrected chi connectivity index (χ3v) is 5.90. The van der Waals surface area contributed by atoms with Crippen molar-refractivity contribution in [2.24, 2.45) is 11.8 Å². The standard InChI is InChI=1S/C15H21N5OS/c21-13-4-3-11-9-19(10-12(11)8-13)15-16-17-18-20(15)6-5-14-2-1-7-22-14/h1-2,7,11-13,21H,3-6,8-10H2/t11-,12+,13-/m1/s1. The molecule has 2 aromatic rings. The van der Waals surface area contributed by atoms with E-state index in [-0.39, 0.29) is 6.10 Å². The van der Waals surface area contributed by atoms with Gasteiger partial charge in [-0.2, -0.15) is 0 Å². The van der Waals surface area contributed by atoms with E-state index in [0.717, 1.165) is 51.3 Å². The summed E-state index contributed by atoms with van der Waals surface area (Å²) in [6.07, 6.45) is 3.85. The lowest BCUT2D eigenvalue weighted by Crippen LogP contribution is -2.26. The van der Waals surface area contributed by atoms with E-state index >= 15 is 0 Å². The van der Waals surface area contributed by atoms with E-state index in [1.54, 1.807) is 11.3 Å². The van der Waals surface area contributed by atoms with Crippen LogP contribution in [-0.4, -0.2) is 44.5 Å². The van der Waals surface area contributed by atoms with Crippen molar-refractivity contribution in [1.82, 2.24) is 20.2 Å². The molecule has 22 heavy (non-hydrogen) atoms. The van der Waals surface area contributed by atoms with Gasteiger partial charge in [0.15, 0.2) is 0 Å². The van der Waals surface area contributed by atoms with Crippen LogP contribution in [0.2, 0.25) is 0 Å². The highest BCUT2D eigenvalue weighted by atomic mass is 32.1. The van der Waals surface area contributed by atoms with Crippen LogP contribution in [0.15, 0.2) is 17.5 Å². The summed E-state index contributed by atoms with van der Waals surface area (Å²) in [6.45, 7) is 2.81. The Morgan fingerprint density at radius 3 is 3.05 bits per heavy atom. The summed E-state index contributed by atoms with van der Waals surface area (Å²) in [6, 6.07) is 4.23. The van der Waals surface area contributed by atoms with Gasteiger partial charge in [-0.3, -0.25) is 0 Å². The zero-order chi connectivity index (χ0) is 14.9. The van der Waals surface area contributed by atoms with Crippen molar-refractivity contribution in [3.05, 3.63) is 22.4 Å². The maximum atomic E-state index is 9.85. The second-order valence-corrected chi connectivity index (χ2v) is 7.46. The van der Waals surface area contributed by atoms with Gasteiger partial charge in [-0.25, -0.2) is 4.68 Å². The van der Waals surface area contributed by atoms with E-state index in [1.807, 2.05) is 4.68 Å². The van der Waals surface area contributed by atoms with Gasteiger partial charge in [-0.1, -0.05) is 11.2 Å². The van der Waals surface area contributed by atoms with Crippen molar-refractivity contribution < 1.29 is 5.11 Å². The smallest absolute Gasteiger partial charge is 0.245 e. The van der Waals surface area contributed by atoms with Crippen LogP contribution in [0, 0.1) is 11.8 Å². The monoisotopic (exact) mass is 319 g/mol. The first-order valence-electron chi connectivity index (χ1n) is 8.01. The molecule has 6 nitrogen and oxygen atoms in total. The maximum Gasteiger partial charge on any atom is 0.245 e. The minimum atomic E-state index is -0.115. The predicted octanol–water partition coefficient (Wildman–Crippen LogP) is 1.57. The molecule has 2 aromatic heterocycles. The molecule has 0 unspecified atom stereocenters. The van der Waals surface area contributed by atoms with Gasteiger partial charge in [0, 0.05) is 24.4 Å². The van der Waals surface area contributed by atoms with Gasteiger partial charge in [0.2, 0.25) is 5.95 Å². The Kier molecular flexibility index (Phi) is 3.83. The topological polar surface area (TPSA) is 67.1 Å². The van der Waals surface area contributed by atoms with Crippen molar-refractivity contribution in [3.63, 3.8) is 0 Å². The molecule has 0 amide bonds. The molecule has 2 fully saturated rings. The fourth-order valence-electron chi connectivity index (χ4n) is 3.81. The molecule has 0 radical (unpaired) electrons. The molecular weight excluding hydrogens is 298 g/mol. The molecule has 0 aromatic carbocycles. The lowest BCUT2D eigenvalue weighted by Gasteiger charge is -2.27. The van der Waals surface area contributed by atoms with Crippen molar-refractivity contribution >= 4 is 17.3 Å². The predicted molar refractivity (Wildman–Crippen MR) is 84.9 cm³/mol. The number of nitrogens with zero attached hydrogens (tertiary/aromatic N) is 5. The van der Waals surface area contributed by atoms with E-state index < -0.39 is 0 Å². The number of aliphatic hydroxyl groups is 1. The van der Waals surface area contributed by atoms with Crippen LogP contribution in [0.5, 0.6) is 0 Å². The molecular formula is C15H21N5OS. The van der Waals surface area contributed by atoms with Crippen LogP contribution < -0.4 is 4.90 Å². The zero-order valence-electron chi connectivity index (χ0n) is 12.5. The largest absolute Gasteiger partial charge is 0.393 e. The quantitative estimate of drug-likeness (QED) is 0.926. The summed E-state index contributed by atoms with van der Waals surface area (Å²) < 4.78 is 1.92. The van der Waals surface area contributed by atoms with E-state index in [9.17, 15) is 5.11 Å². The Morgan fingerprint density at radius 2 is 2.18 bits per heavy atom. The molecule has 118 valence electrons. The number of anilines is 1. The SMILES string of the molecule is O[C@@H]1CC[C@@H]2CN(c3nnnn3CCc3cccs3)C[C@@H]2C1. The van der Waals surface area contributed by atoms with Gasteiger partial charge in [-0.15, -0.1) is 11.3 Å². The summed E-state index contributed by atoms with van der Waals surface area (Å²) in [4.78, 5) is 3.67. The Bertz CT molecular complexity index is 613. The zero-order valence-corrected chi connectivity index (χ0v) is 13.3. The Labute approximate surface area is 133 Å². The molecule has 0 bridgehead atoms. The van der Waals surface area contributed by atoms with Gasteiger partial charge in [0.1, 0.15) is 0 Å². The number of fused-ring (bicyclic) bond motifs is 1. The third kappa shape index (κ3) is 2.75. The lowest BCUT2D eigenvalue weighted by atomic mass is 9.80. The maximum absolute atomic E-state index is 9.85. The minimum absolute atomic E-state index is 0.115. The number of hydrogen-bond donors (Lipinski definition) is 1. The minimum Gasteiger partial charge on any atom is -0.393 e.